The van der Waals surface area contributed by atoms with E-state index < -0.39 is 5.97 Å². The van der Waals surface area contributed by atoms with E-state index in [4.69, 9.17) is 4.74 Å². The van der Waals surface area contributed by atoms with Crippen molar-refractivity contribution >= 4 is 5.97 Å². The van der Waals surface area contributed by atoms with Gasteiger partial charge in [-0.15, -0.1) is 0 Å². The fourth-order valence-corrected chi connectivity index (χ4v) is 0.685. The molecule has 0 aromatic carbocycles. The van der Waals surface area contributed by atoms with Crippen molar-refractivity contribution in [2.24, 2.45) is 0 Å². The van der Waals surface area contributed by atoms with Gasteiger partial charge in [-0.05, 0) is 0 Å². The van der Waals surface area contributed by atoms with Gasteiger partial charge >= 0.3 is 5.97 Å². The quantitative estimate of drug-likeness (QED) is 0.621. The molecule has 1 heterocycles. The Labute approximate surface area is 63.3 Å². The lowest BCUT2D eigenvalue weighted by molar-refractivity contribution is 0.0597. The topological polar surface area (TPSA) is 64.2 Å². The number of carbonyl (C=O) groups excluding carboxylic acids is 1. The van der Waals surface area contributed by atoms with E-state index in [1.807, 2.05) is 0 Å². The van der Waals surface area contributed by atoms with Crippen LogP contribution in [0.2, 0.25) is 0 Å². The second kappa shape index (κ2) is 3.05. The van der Waals surface area contributed by atoms with E-state index in [1.54, 1.807) is 0 Å². The van der Waals surface area contributed by atoms with Gasteiger partial charge < -0.3 is 9.47 Å². The predicted molar refractivity (Wildman–Crippen MR) is 36.5 cm³/mol. The Kier molecular flexibility index (Phi) is 2.10. The molecule has 0 aliphatic carbocycles. The summed E-state index contributed by atoms with van der Waals surface area (Å²) in [5.74, 6) is -0.146. The lowest BCUT2D eigenvalue weighted by Gasteiger charge is -1.97. The largest absolute Gasteiger partial charge is 0.481 e. The van der Waals surface area contributed by atoms with Gasteiger partial charge in [0.25, 0.3) is 0 Å². The molecular weight excluding hydrogens is 148 g/mol. The Balaban J connectivity index is 2.92. The number of carbonyl (C=O) groups is 1. The highest BCUT2D eigenvalue weighted by molar-refractivity contribution is 5.91. The average Bonchev–Trinajstić information content (AvgIpc) is 2.50. The van der Waals surface area contributed by atoms with Crippen LogP contribution in [0.25, 0.3) is 0 Å². The standard InChI is InChI=1S/C6H8N2O3/c1-10-5-4(3-7-8-5)6(9)11-2/h3H,1-2H3,(H,7,8). The van der Waals surface area contributed by atoms with E-state index in [-0.39, 0.29) is 0 Å². The molecule has 0 saturated carbocycles. The van der Waals surface area contributed by atoms with E-state index in [0.717, 1.165) is 0 Å². The molecule has 0 saturated heterocycles. The third kappa shape index (κ3) is 1.31. The minimum absolute atomic E-state index is 0.301. The summed E-state index contributed by atoms with van der Waals surface area (Å²) < 4.78 is 9.25. The smallest absolute Gasteiger partial charge is 0.345 e. The van der Waals surface area contributed by atoms with Gasteiger partial charge in [0.2, 0.25) is 5.88 Å². The van der Waals surface area contributed by atoms with E-state index in [2.05, 4.69) is 14.9 Å². The third-order valence-electron chi connectivity index (χ3n) is 1.21. The van der Waals surface area contributed by atoms with Gasteiger partial charge in [-0.2, -0.15) is 5.10 Å². The van der Waals surface area contributed by atoms with Crippen molar-refractivity contribution in [2.75, 3.05) is 14.2 Å². The summed E-state index contributed by atoms with van der Waals surface area (Å²) in [6, 6.07) is 0. The molecular formula is C6H8N2O3. The number of hydrogen-bond acceptors (Lipinski definition) is 4. The first-order chi connectivity index (χ1) is 5.29. The summed E-state index contributed by atoms with van der Waals surface area (Å²) in [7, 11) is 2.74. The molecule has 0 spiro atoms. The van der Waals surface area contributed by atoms with Gasteiger partial charge in [-0.25, -0.2) is 9.89 Å². The normalized spacial score (nSPS) is 9.27. The molecule has 1 rings (SSSR count). The molecule has 1 aromatic heterocycles. The summed E-state index contributed by atoms with van der Waals surface area (Å²) >= 11 is 0. The number of methoxy groups -OCH3 is 2. The highest BCUT2D eigenvalue weighted by atomic mass is 16.5. The third-order valence-corrected chi connectivity index (χ3v) is 1.21. The van der Waals surface area contributed by atoms with Crippen molar-refractivity contribution in [2.45, 2.75) is 0 Å². The van der Waals surface area contributed by atoms with Crippen LogP contribution in [0.5, 0.6) is 5.88 Å². The highest BCUT2D eigenvalue weighted by Crippen LogP contribution is 2.13. The first-order valence-corrected chi connectivity index (χ1v) is 2.95. The van der Waals surface area contributed by atoms with Crippen LogP contribution in [0.15, 0.2) is 6.20 Å². The highest BCUT2D eigenvalue weighted by Gasteiger charge is 2.13. The molecule has 0 radical (unpaired) electrons. The van der Waals surface area contributed by atoms with Crippen molar-refractivity contribution in [3.8, 4) is 5.88 Å². The number of esters is 1. The van der Waals surface area contributed by atoms with Crippen molar-refractivity contribution in [1.82, 2.24) is 10.2 Å². The fourth-order valence-electron chi connectivity index (χ4n) is 0.685. The van der Waals surface area contributed by atoms with Crippen LogP contribution in [0.4, 0.5) is 0 Å². The van der Waals surface area contributed by atoms with Gasteiger partial charge in [0.05, 0.1) is 20.4 Å². The van der Waals surface area contributed by atoms with Crippen LogP contribution < -0.4 is 4.74 Å². The number of hydrogen-bond donors (Lipinski definition) is 1. The van der Waals surface area contributed by atoms with Crippen LogP contribution >= 0.6 is 0 Å². The zero-order chi connectivity index (χ0) is 8.27. The van der Waals surface area contributed by atoms with Gasteiger partial charge in [0.1, 0.15) is 5.56 Å². The SMILES string of the molecule is COC(=O)c1cn[nH]c1OC. The first-order valence-electron chi connectivity index (χ1n) is 2.95. The molecule has 0 aliphatic rings. The number of aromatic amines is 1. The molecule has 0 bridgehead atoms. The first kappa shape index (κ1) is 7.59. The number of nitrogens with zero attached hydrogens (tertiary/aromatic N) is 1. The van der Waals surface area contributed by atoms with E-state index in [1.165, 1.54) is 20.4 Å². The molecule has 60 valence electrons. The van der Waals surface area contributed by atoms with Gasteiger partial charge in [0.15, 0.2) is 0 Å². The molecule has 0 aliphatic heterocycles. The van der Waals surface area contributed by atoms with Crippen molar-refractivity contribution in [3.05, 3.63) is 11.8 Å². The van der Waals surface area contributed by atoms with Crippen LogP contribution in [-0.4, -0.2) is 30.4 Å². The molecule has 5 nitrogen and oxygen atoms in total. The summed E-state index contributed by atoms with van der Waals surface area (Å²) in [6.07, 6.45) is 1.35. The predicted octanol–water partition coefficient (Wildman–Crippen LogP) is 0.205. The molecule has 0 atom stereocenters. The minimum Gasteiger partial charge on any atom is -0.481 e. The Morgan fingerprint density at radius 2 is 2.36 bits per heavy atom. The van der Waals surface area contributed by atoms with E-state index >= 15 is 0 Å². The molecule has 1 aromatic rings. The maximum absolute atomic E-state index is 10.9. The van der Waals surface area contributed by atoms with Crippen molar-refractivity contribution in [3.63, 3.8) is 0 Å². The average molecular weight is 156 g/mol. The van der Waals surface area contributed by atoms with E-state index in [0.29, 0.717) is 11.4 Å². The summed E-state index contributed by atoms with van der Waals surface area (Å²) in [5, 5.41) is 6.11. The van der Waals surface area contributed by atoms with Crippen LogP contribution in [0, 0.1) is 0 Å². The lowest BCUT2D eigenvalue weighted by Crippen LogP contribution is -2.01. The number of H-pyrrole nitrogens is 1. The van der Waals surface area contributed by atoms with Crippen LogP contribution in [0.1, 0.15) is 10.4 Å². The maximum Gasteiger partial charge on any atom is 0.345 e. The minimum atomic E-state index is -0.462. The van der Waals surface area contributed by atoms with E-state index in [9.17, 15) is 4.79 Å². The zero-order valence-corrected chi connectivity index (χ0v) is 6.25. The molecule has 11 heavy (non-hydrogen) atoms. The van der Waals surface area contributed by atoms with Crippen molar-refractivity contribution < 1.29 is 14.3 Å². The summed E-state index contributed by atoms with van der Waals surface area (Å²) in [4.78, 5) is 10.9. The van der Waals surface area contributed by atoms with Crippen LogP contribution in [0.3, 0.4) is 0 Å². The number of nitrogens with one attached hydrogen (secondary N) is 1. The summed E-state index contributed by atoms with van der Waals surface area (Å²) in [6.45, 7) is 0. The van der Waals surface area contributed by atoms with Gasteiger partial charge in [0, 0.05) is 0 Å². The zero-order valence-electron chi connectivity index (χ0n) is 6.25. The lowest BCUT2D eigenvalue weighted by atomic mass is 10.3. The maximum atomic E-state index is 10.9. The van der Waals surface area contributed by atoms with Crippen molar-refractivity contribution in [1.29, 1.82) is 0 Å². The Bertz CT molecular complexity index is 256. The Morgan fingerprint density at radius 3 is 2.91 bits per heavy atom. The molecule has 0 unspecified atom stereocenters. The molecule has 0 amide bonds. The molecule has 1 N–H and O–H groups in total. The molecule has 5 heteroatoms. The number of aromatic nitrogens is 2. The van der Waals surface area contributed by atoms with Gasteiger partial charge in [-0.3, -0.25) is 0 Å². The second-order valence-corrected chi connectivity index (χ2v) is 1.81. The Hall–Kier alpha value is -1.52. The second-order valence-electron chi connectivity index (χ2n) is 1.81. The van der Waals surface area contributed by atoms with Gasteiger partial charge in [-0.1, -0.05) is 0 Å². The number of ether oxygens (including phenoxy) is 2. The number of rotatable bonds is 2. The molecule has 0 fully saturated rings. The summed E-state index contributed by atoms with van der Waals surface area (Å²) in [5.41, 5.74) is 0.301. The Morgan fingerprint density at radius 1 is 1.64 bits per heavy atom. The fraction of sp³-hybridized carbons (Fsp3) is 0.333. The monoisotopic (exact) mass is 156 g/mol. The van der Waals surface area contributed by atoms with Crippen LogP contribution in [-0.2, 0) is 4.74 Å².